The lowest BCUT2D eigenvalue weighted by molar-refractivity contribution is 0.0697. The molecule has 2 N–H and O–H groups in total. The number of nitrogens with one attached hydrogen (secondary N) is 1. The molecule has 0 unspecified atom stereocenters. The lowest BCUT2D eigenvalue weighted by Crippen LogP contribution is -2.00. The maximum Gasteiger partial charge on any atom is 0.335 e. The third-order valence-corrected chi connectivity index (χ3v) is 5.01. The summed E-state index contributed by atoms with van der Waals surface area (Å²) in [6.07, 6.45) is 1.71. The summed E-state index contributed by atoms with van der Waals surface area (Å²) in [5.41, 5.74) is 5.71. The van der Waals surface area contributed by atoms with E-state index in [1.54, 1.807) is 18.3 Å². The van der Waals surface area contributed by atoms with Gasteiger partial charge in [0.2, 0.25) is 0 Å². The van der Waals surface area contributed by atoms with Gasteiger partial charge in [-0.1, -0.05) is 54.1 Å². The van der Waals surface area contributed by atoms with E-state index in [9.17, 15) is 4.79 Å². The normalized spacial score (nSPS) is 11.0. The number of carbonyl (C=O) groups is 1. The average molecular weight is 431 g/mol. The summed E-state index contributed by atoms with van der Waals surface area (Å²) < 4.78 is 6.09. The number of fused-ring (bicyclic) bond motifs is 1. The first kappa shape index (κ1) is 20.4. The van der Waals surface area contributed by atoms with Gasteiger partial charge in [-0.15, -0.1) is 0 Å². The third kappa shape index (κ3) is 5.02. The summed E-state index contributed by atoms with van der Waals surface area (Å²) in [6.45, 7) is 0.403. The number of hydrazone groups is 1. The first-order valence-electron chi connectivity index (χ1n) is 9.61. The molecule has 0 radical (unpaired) electrons. The van der Waals surface area contributed by atoms with Crippen LogP contribution in [0, 0.1) is 0 Å². The predicted octanol–water partition coefficient (Wildman–Crippen LogP) is 6.22. The Balaban J connectivity index is 1.58. The molecule has 0 bridgehead atoms. The monoisotopic (exact) mass is 430 g/mol. The molecule has 4 rings (SSSR count). The van der Waals surface area contributed by atoms with Crippen LogP contribution >= 0.6 is 11.6 Å². The predicted molar refractivity (Wildman–Crippen MR) is 124 cm³/mol. The summed E-state index contributed by atoms with van der Waals surface area (Å²) in [4.78, 5) is 11.0. The highest BCUT2D eigenvalue weighted by Crippen LogP contribution is 2.27. The van der Waals surface area contributed by atoms with Crippen LogP contribution in [0.25, 0.3) is 10.8 Å². The van der Waals surface area contributed by atoms with E-state index in [-0.39, 0.29) is 5.56 Å². The number of nitrogens with zero attached hydrogens (tertiary/aromatic N) is 1. The highest BCUT2D eigenvalue weighted by atomic mass is 35.5. The van der Waals surface area contributed by atoms with Gasteiger partial charge in [-0.2, -0.15) is 5.10 Å². The number of hydrogen-bond acceptors (Lipinski definition) is 4. The molecular weight excluding hydrogens is 412 g/mol. The number of carboxylic acids is 1. The standard InChI is InChI=1S/C25H19ClN2O3/c26-20-10-5-17(6-11-20)16-31-24-14-9-18-3-1-2-4-22(18)23(24)15-27-28-21-12-7-19(8-13-21)25(29)30/h1-15,28H,16H2,(H,29,30). The zero-order chi connectivity index (χ0) is 21.6. The van der Waals surface area contributed by atoms with Gasteiger partial charge in [-0.05, 0) is 58.8 Å². The van der Waals surface area contributed by atoms with E-state index in [1.165, 1.54) is 12.1 Å². The minimum absolute atomic E-state index is 0.224. The van der Waals surface area contributed by atoms with E-state index >= 15 is 0 Å². The average Bonchev–Trinajstić information content (AvgIpc) is 2.79. The Morgan fingerprint density at radius 3 is 2.45 bits per heavy atom. The highest BCUT2D eigenvalue weighted by Gasteiger charge is 2.08. The van der Waals surface area contributed by atoms with Crippen molar-refractivity contribution in [2.75, 3.05) is 5.43 Å². The second kappa shape index (κ2) is 9.32. The molecule has 0 fully saturated rings. The van der Waals surface area contributed by atoms with Crippen LogP contribution < -0.4 is 10.2 Å². The summed E-state index contributed by atoms with van der Waals surface area (Å²) in [5.74, 6) is -0.256. The topological polar surface area (TPSA) is 70.9 Å². The second-order valence-corrected chi connectivity index (χ2v) is 7.30. The summed E-state index contributed by atoms with van der Waals surface area (Å²) in [5, 5.41) is 16.1. The van der Waals surface area contributed by atoms with E-state index < -0.39 is 5.97 Å². The van der Waals surface area contributed by atoms with Gasteiger partial charge in [0.15, 0.2) is 0 Å². The first-order valence-corrected chi connectivity index (χ1v) is 9.99. The molecule has 0 spiro atoms. The van der Waals surface area contributed by atoms with Crippen LogP contribution in [0.1, 0.15) is 21.5 Å². The zero-order valence-electron chi connectivity index (χ0n) is 16.5. The number of halogens is 1. The van der Waals surface area contributed by atoms with Crippen LogP contribution in [0.5, 0.6) is 5.75 Å². The number of hydrogen-bond donors (Lipinski definition) is 2. The first-order chi connectivity index (χ1) is 15.1. The van der Waals surface area contributed by atoms with Gasteiger partial charge >= 0.3 is 5.97 Å². The fourth-order valence-corrected chi connectivity index (χ4v) is 3.26. The lowest BCUT2D eigenvalue weighted by atomic mass is 10.0. The van der Waals surface area contributed by atoms with Crippen molar-refractivity contribution in [1.29, 1.82) is 0 Å². The largest absolute Gasteiger partial charge is 0.488 e. The Labute approximate surface area is 184 Å². The number of carboxylic acid groups (broad SMARTS) is 1. The molecule has 4 aromatic carbocycles. The summed E-state index contributed by atoms with van der Waals surface area (Å²) >= 11 is 5.96. The Bertz CT molecular complexity index is 1240. The van der Waals surface area contributed by atoms with Crippen molar-refractivity contribution in [2.45, 2.75) is 6.61 Å². The molecule has 0 aromatic heterocycles. The van der Waals surface area contributed by atoms with Crippen LogP contribution in [0.3, 0.4) is 0 Å². The lowest BCUT2D eigenvalue weighted by Gasteiger charge is -2.12. The van der Waals surface area contributed by atoms with Crippen molar-refractivity contribution < 1.29 is 14.6 Å². The van der Waals surface area contributed by atoms with E-state index in [2.05, 4.69) is 10.5 Å². The molecule has 0 aliphatic heterocycles. The van der Waals surface area contributed by atoms with Gasteiger partial charge in [-0.3, -0.25) is 5.43 Å². The molecule has 31 heavy (non-hydrogen) atoms. The maximum absolute atomic E-state index is 11.0. The SMILES string of the molecule is O=C(O)c1ccc(NN=Cc2c(OCc3ccc(Cl)cc3)ccc3ccccc23)cc1. The third-order valence-electron chi connectivity index (χ3n) is 4.76. The molecule has 5 nitrogen and oxygen atoms in total. The second-order valence-electron chi connectivity index (χ2n) is 6.87. The molecule has 6 heteroatoms. The molecule has 0 saturated heterocycles. The van der Waals surface area contributed by atoms with Crippen LogP contribution in [0.15, 0.2) is 90.0 Å². The van der Waals surface area contributed by atoms with Crippen molar-refractivity contribution in [1.82, 2.24) is 0 Å². The minimum atomic E-state index is -0.965. The number of ether oxygens (including phenoxy) is 1. The molecule has 4 aromatic rings. The van der Waals surface area contributed by atoms with Crippen molar-refractivity contribution in [3.8, 4) is 5.75 Å². The summed E-state index contributed by atoms with van der Waals surface area (Å²) in [6, 6.07) is 25.9. The van der Waals surface area contributed by atoms with Crippen molar-refractivity contribution >= 4 is 40.2 Å². The Kier molecular flexibility index (Phi) is 6.15. The molecule has 0 atom stereocenters. The van der Waals surface area contributed by atoms with E-state index in [0.717, 1.165) is 21.9 Å². The van der Waals surface area contributed by atoms with Crippen LogP contribution in [0.2, 0.25) is 5.02 Å². The molecule has 0 aliphatic carbocycles. The van der Waals surface area contributed by atoms with Gasteiger partial charge in [0.1, 0.15) is 12.4 Å². The van der Waals surface area contributed by atoms with Gasteiger partial charge in [-0.25, -0.2) is 4.79 Å². The van der Waals surface area contributed by atoms with Crippen molar-refractivity contribution in [2.24, 2.45) is 5.10 Å². The molecular formula is C25H19ClN2O3. The van der Waals surface area contributed by atoms with E-state index in [4.69, 9.17) is 21.4 Å². The van der Waals surface area contributed by atoms with Gasteiger partial charge in [0.25, 0.3) is 0 Å². The van der Waals surface area contributed by atoms with Gasteiger partial charge in [0, 0.05) is 10.6 Å². The Morgan fingerprint density at radius 1 is 0.968 bits per heavy atom. The fourth-order valence-electron chi connectivity index (χ4n) is 3.14. The molecule has 154 valence electrons. The minimum Gasteiger partial charge on any atom is -0.488 e. The van der Waals surface area contributed by atoms with Crippen molar-refractivity contribution in [3.05, 3.63) is 107 Å². The van der Waals surface area contributed by atoms with Crippen LogP contribution in [-0.2, 0) is 6.61 Å². The Morgan fingerprint density at radius 2 is 1.71 bits per heavy atom. The smallest absolute Gasteiger partial charge is 0.335 e. The fraction of sp³-hybridized carbons (Fsp3) is 0.0400. The molecule has 0 aliphatic rings. The van der Waals surface area contributed by atoms with Crippen LogP contribution in [-0.4, -0.2) is 17.3 Å². The van der Waals surface area contributed by atoms with E-state index in [0.29, 0.717) is 23.1 Å². The number of rotatable bonds is 7. The highest BCUT2D eigenvalue weighted by molar-refractivity contribution is 6.30. The Hall–Kier alpha value is -3.83. The van der Waals surface area contributed by atoms with Crippen molar-refractivity contribution in [3.63, 3.8) is 0 Å². The van der Waals surface area contributed by atoms with Gasteiger partial charge < -0.3 is 9.84 Å². The number of benzene rings is 4. The number of anilines is 1. The van der Waals surface area contributed by atoms with Crippen LogP contribution in [0.4, 0.5) is 5.69 Å². The summed E-state index contributed by atoms with van der Waals surface area (Å²) in [7, 11) is 0. The number of aromatic carboxylic acids is 1. The molecule has 0 amide bonds. The zero-order valence-corrected chi connectivity index (χ0v) is 17.2. The van der Waals surface area contributed by atoms with Gasteiger partial charge in [0.05, 0.1) is 17.5 Å². The quantitative estimate of drug-likeness (QED) is 0.270. The molecule has 0 saturated carbocycles. The van der Waals surface area contributed by atoms with E-state index in [1.807, 2.05) is 60.7 Å². The molecule has 0 heterocycles. The maximum atomic E-state index is 11.0.